The molecule has 2 rings (SSSR count). The van der Waals surface area contributed by atoms with E-state index in [9.17, 15) is 0 Å². The van der Waals surface area contributed by atoms with Gasteiger partial charge in [-0.05, 0) is 0 Å². The van der Waals surface area contributed by atoms with Gasteiger partial charge in [0.05, 0.1) is 0 Å². The second-order valence-corrected chi connectivity index (χ2v) is 3.01. The number of aromatic nitrogens is 2. The Balaban J connectivity index is 0.000000245. The van der Waals surface area contributed by atoms with Gasteiger partial charge in [0.2, 0.25) is 0 Å². The molecular weight excluding hydrogens is 325 g/mol. The largest absolute Gasteiger partial charge is 2.00 e. The fourth-order valence-corrected chi connectivity index (χ4v) is 0.857. The van der Waals surface area contributed by atoms with Crippen LogP contribution in [0.3, 0.4) is 0 Å². The first-order chi connectivity index (χ1) is 6.79. The van der Waals surface area contributed by atoms with Crippen molar-refractivity contribution in [3.8, 4) is 0 Å². The summed E-state index contributed by atoms with van der Waals surface area (Å²) in [4.78, 5) is 7.25. The third kappa shape index (κ3) is 7.47. The summed E-state index contributed by atoms with van der Waals surface area (Å²) in [5, 5.41) is 1.12. The van der Waals surface area contributed by atoms with Crippen molar-refractivity contribution >= 4 is 23.2 Å². The molecule has 15 heavy (non-hydrogen) atoms. The predicted octanol–water partition coefficient (Wildman–Crippen LogP) is 3.07. The summed E-state index contributed by atoms with van der Waals surface area (Å²) in [5.74, 6) is 0. The molecule has 2 nitrogen and oxygen atoms in total. The van der Waals surface area contributed by atoms with Crippen LogP contribution >= 0.6 is 23.2 Å². The maximum Gasteiger partial charge on any atom is 2.00 e. The van der Waals surface area contributed by atoms with Gasteiger partial charge in [0.1, 0.15) is 0 Å². The van der Waals surface area contributed by atoms with E-state index >= 15 is 0 Å². The second-order valence-electron chi connectivity index (χ2n) is 2.19. The van der Waals surface area contributed by atoms with Crippen molar-refractivity contribution in [1.82, 2.24) is 9.97 Å². The third-order valence-electron chi connectivity index (χ3n) is 1.15. The van der Waals surface area contributed by atoms with Gasteiger partial charge in [0.25, 0.3) is 0 Å². The van der Waals surface area contributed by atoms with Crippen LogP contribution in [0.25, 0.3) is 0 Å². The SMILES string of the molecule is Clc1[c-]nccc1.Clc1[c-]nccc1.[Pd+2]. The Morgan fingerprint density at radius 3 is 1.40 bits per heavy atom. The van der Waals surface area contributed by atoms with Gasteiger partial charge in [-0.2, -0.15) is 12.1 Å². The molecule has 0 radical (unpaired) electrons. The van der Waals surface area contributed by atoms with Gasteiger partial charge in [-0.15, -0.1) is 35.3 Å². The Morgan fingerprint density at radius 1 is 0.867 bits per heavy atom. The van der Waals surface area contributed by atoms with Gasteiger partial charge in [-0.25, -0.2) is 0 Å². The minimum Gasteiger partial charge on any atom is -0.393 e. The van der Waals surface area contributed by atoms with E-state index in [1.54, 1.807) is 36.7 Å². The number of halogens is 2. The molecule has 0 saturated heterocycles. The van der Waals surface area contributed by atoms with Crippen LogP contribution in [0, 0.1) is 12.4 Å². The van der Waals surface area contributed by atoms with E-state index < -0.39 is 0 Å². The molecule has 0 spiro atoms. The summed E-state index contributed by atoms with van der Waals surface area (Å²) >= 11 is 10.8. The van der Waals surface area contributed by atoms with E-state index in [2.05, 4.69) is 22.4 Å². The van der Waals surface area contributed by atoms with Gasteiger partial charge >= 0.3 is 20.4 Å². The Morgan fingerprint density at radius 2 is 1.27 bits per heavy atom. The molecule has 80 valence electrons. The summed E-state index contributed by atoms with van der Waals surface area (Å²) in [6.45, 7) is 0. The molecule has 0 aliphatic carbocycles. The van der Waals surface area contributed by atoms with E-state index in [-0.39, 0.29) is 20.4 Å². The van der Waals surface area contributed by atoms with E-state index in [4.69, 9.17) is 23.2 Å². The zero-order chi connectivity index (χ0) is 10.2. The summed E-state index contributed by atoms with van der Waals surface area (Å²) in [5.41, 5.74) is 0. The van der Waals surface area contributed by atoms with Crippen LogP contribution in [-0.4, -0.2) is 9.97 Å². The van der Waals surface area contributed by atoms with Gasteiger partial charge in [-0.3, -0.25) is 0 Å². The molecule has 0 aliphatic heterocycles. The zero-order valence-corrected chi connectivity index (χ0v) is 10.5. The maximum absolute atomic E-state index is 5.42. The Kier molecular flexibility index (Phi) is 8.55. The third-order valence-corrected chi connectivity index (χ3v) is 1.57. The first-order valence-electron chi connectivity index (χ1n) is 3.75. The second kappa shape index (κ2) is 8.82. The molecule has 2 heterocycles. The van der Waals surface area contributed by atoms with Gasteiger partial charge in [0, 0.05) is 0 Å². The number of nitrogens with zero attached hydrogens (tertiary/aromatic N) is 2. The van der Waals surface area contributed by atoms with Crippen molar-refractivity contribution in [2.45, 2.75) is 0 Å². The van der Waals surface area contributed by atoms with Crippen LogP contribution < -0.4 is 0 Å². The van der Waals surface area contributed by atoms with Crippen molar-refractivity contribution in [2.75, 3.05) is 0 Å². The average molecular weight is 331 g/mol. The minimum absolute atomic E-state index is 0. The first kappa shape index (κ1) is 14.5. The zero-order valence-electron chi connectivity index (χ0n) is 7.43. The average Bonchev–Trinajstić information content (AvgIpc) is 2.21. The van der Waals surface area contributed by atoms with E-state index in [0.29, 0.717) is 10.0 Å². The summed E-state index contributed by atoms with van der Waals surface area (Å²) in [7, 11) is 0. The van der Waals surface area contributed by atoms with E-state index in [1.165, 1.54) is 0 Å². The monoisotopic (exact) mass is 330 g/mol. The molecule has 0 saturated carbocycles. The van der Waals surface area contributed by atoms with Gasteiger partial charge in [-0.1, -0.05) is 34.8 Å². The Bertz CT molecular complexity index is 319. The number of pyridine rings is 2. The molecular formula is C10H6Cl2N2Pd. The van der Waals surface area contributed by atoms with Crippen LogP contribution in [0.1, 0.15) is 0 Å². The smallest absolute Gasteiger partial charge is 0.393 e. The molecule has 0 fully saturated rings. The normalized spacial score (nSPS) is 8.13. The maximum atomic E-state index is 5.42. The molecule has 0 aliphatic rings. The van der Waals surface area contributed by atoms with Crippen LogP contribution in [0.2, 0.25) is 10.0 Å². The summed E-state index contributed by atoms with van der Waals surface area (Å²) in [6.07, 6.45) is 8.36. The fourth-order valence-electron chi connectivity index (χ4n) is 0.613. The van der Waals surface area contributed by atoms with Crippen molar-refractivity contribution in [2.24, 2.45) is 0 Å². The van der Waals surface area contributed by atoms with Crippen LogP contribution in [0.4, 0.5) is 0 Å². The first-order valence-corrected chi connectivity index (χ1v) is 4.51. The number of hydrogen-bond donors (Lipinski definition) is 0. The Hall–Kier alpha value is -0.458. The van der Waals surface area contributed by atoms with Gasteiger partial charge in [0.15, 0.2) is 0 Å². The van der Waals surface area contributed by atoms with E-state index in [0.717, 1.165) is 0 Å². The molecule has 0 aromatic carbocycles. The molecule has 0 N–H and O–H groups in total. The van der Waals surface area contributed by atoms with Gasteiger partial charge < -0.3 is 9.97 Å². The van der Waals surface area contributed by atoms with Crippen molar-refractivity contribution < 1.29 is 20.4 Å². The minimum atomic E-state index is 0. The van der Waals surface area contributed by atoms with Crippen LogP contribution in [0.5, 0.6) is 0 Å². The van der Waals surface area contributed by atoms with Crippen LogP contribution in [-0.2, 0) is 20.4 Å². The molecule has 5 heteroatoms. The molecule has 0 bridgehead atoms. The van der Waals surface area contributed by atoms with Crippen molar-refractivity contribution in [3.63, 3.8) is 0 Å². The molecule has 0 atom stereocenters. The molecule has 0 amide bonds. The number of hydrogen-bond acceptors (Lipinski definition) is 2. The van der Waals surface area contributed by atoms with E-state index in [1.807, 2.05) is 0 Å². The standard InChI is InChI=1S/2C5H3ClN.Pd/c2*6-5-2-1-3-7-4-5;/h2*1-3H;/q2*-1;+2. The summed E-state index contributed by atoms with van der Waals surface area (Å²) in [6, 6.07) is 6.99. The molecule has 2 aromatic heterocycles. The fraction of sp³-hybridized carbons (Fsp3) is 0. The predicted molar refractivity (Wildman–Crippen MR) is 56.2 cm³/mol. The Labute approximate surface area is 112 Å². The summed E-state index contributed by atoms with van der Waals surface area (Å²) < 4.78 is 0. The van der Waals surface area contributed by atoms with Crippen molar-refractivity contribution in [1.29, 1.82) is 0 Å². The quantitative estimate of drug-likeness (QED) is 0.548. The topological polar surface area (TPSA) is 25.8 Å². The van der Waals surface area contributed by atoms with Crippen LogP contribution in [0.15, 0.2) is 36.7 Å². The number of rotatable bonds is 0. The molecule has 0 unspecified atom stereocenters. The van der Waals surface area contributed by atoms with Crippen molar-refractivity contribution in [3.05, 3.63) is 59.1 Å². The molecule has 2 aromatic rings.